The number of sulfonamides is 1. The summed E-state index contributed by atoms with van der Waals surface area (Å²) in [6.45, 7) is 2.10. The van der Waals surface area contributed by atoms with Gasteiger partial charge in [-0.2, -0.15) is 0 Å². The van der Waals surface area contributed by atoms with Crippen molar-refractivity contribution in [2.75, 3.05) is 19.3 Å². The maximum absolute atomic E-state index is 10.8. The Morgan fingerprint density at radius 3 is 2.41 bits per heavy atom. The van der Waals surface area contributed by atoms with Gasteiger partial charge in [0, 0.05) is 16.7 Å². The van der Waals surface area contributed by atoms with Crippen molar-refractivity contribution < 1.29 is 8.42 Å². The van der Waals surface area contributed by atoms with Crippen LogP contribution in [0.25, 0.3) is 0 Å². The highest BCUT2D eigenvalue weighted by molar-refractivity contribution is 14.1. The zero-order chi connectivity index (χ0) is 12.7. The number of halogens is 1. The minimum atomic E-state index is -3.05. The van der Waals surface area contributed by atoms with Gasteiger partial charge in [-0.3, -0.25) is 0 Å². The molecule has 0 unspecified atom stereocenters. The summed E-state index contributed by atoms with van der Waals surface area (Å²) in [6.07, 6.45) is 1.96. The molecule has 0 aromatic heterocycles. The van der Waals surface area contributed by atoms with Gasteiger partial charge in [0.1, 0.15) is 0 Å². The summed E-state index contributed by atoms with van der Waals surface area (Å²) in [5.41, 5.74) is 1.24. The highest BCUT2D eigenvalue weighted by Gasteiger charge is 1.98. The molecule has 0 aliphatic rings. The largest absolute Gasteiger partial charge is 0.313 e. The number of benzene rings is 1. The van der Waals surface area contributed by atoms with E-state index < -0.39 is 10.0 Å². The Kier molecular flexibility index (Phi) is 6.39. The Morgan fingerprint density at radius 2 is 1.82 bits per heavy atom. The van der Waals surface area contributed by atoms with Gasteiger partial charge in [-0.05, 0) is 53.3 Å². The molecule has 0 saturated heterocycles. The van der Waals surface area contributed by atoms with Gasteiger partial charge >= 0.3 is 0 Å². The second kappa shape index (κ2) is 7.30. The van der Waals surface area contributed by atoms with E-state index in [2.05, 4.69) is 56.9 Å². The van der Waals surface area contributed by atoms with Gasteiger partial charge in [0.05, 0.1) is 6.26 Å². The van der Waals surface area contributed by atoms with Crippen LogP contribution in [-0.4, -0.2) is 27.8 Å². The first kappa shape index (κ1) is 14.9. The summed E-state index contributed by atoms with van der Waals surface area (Å²) in [5, 5.41) is 3.27. The van der Waals surface area contributed by atoms with E-state index >= 15 is 0 Å². The van der Waals surface area contributed by atoms with Gasteiger partial charge in [-0.1, -0.05) is 12.1 Å². The van der Waals surface area contributed by atoms with Gasteiger partial charge in [0.15, 0.2) is 0 Å². The van der Waals surface area contributed by atoms with Crippen LogP contribution in [0.2, 0.25) is 0 Å². The molecular formula is C11H17IN2O2S. The SMILES string of the molecule is CS(=O)(=O)NCCCNCc1ccc(I)cc1. The molecule has 4 nitrogen and oxygen atoms in total. The molecule has 0 heterocycles. The molecular weight excluding hydrogens is 351 g/mol. The molecule has 2 N–H and O–H groups in total. The zero-order valence-corrected chi connectivity index (χ0v) is 12.7. The van der Waals surface area contributed by atoms with E-state index in [-0.39, 0.29) is 0 Å². The first-order valence-corrected chi connectivity index (χ1v) is 8.34. The smallest absolute Gasteiger partial charge is 0.208 e. The van der Waals surface area contributed by atoms with Crippen LogP contribution < -0.4 is 10.0 Å². The standard InChI is InChI=1S/C11H17IN2O2S/c1-17(15,16)14-8-2-7-13-9-10-3-5-11(12)6-4-10/h3-6,13-14H,2,7-9H2,1H3. The van der Waals surface area contributed by atoms with Crippen molar-refractivity contribution in [2.45, 2.75) is 13.0 Å². The van der Waals surface area contributed by atoms with Crippen molar-refractivity contribution in [1.82, 2.24) is 10.0 Å². The van der Waals surface area contributed by atoms with Gasteiger partial charge < -0.3 is 5.32 Å². The molecule has 0 aliphatic carbocycles. The lowest BCUT2D eigenvalue weighted by Crippen LogP contribution is -2.26. The molecule has 0 bridgehead atoms. The molecule has 0 amide bonds. The number of hydrogen-bond donors (Lipinski definition) is 2. The quantitative estimate of drug-likeness (QED) is 0.564. The fourth-order valence-corrected chi connectivity index (χ4v) is 2.18. The molecule has 0 saturated carbocycles. The average molecular weight is 368 g/mol. The van der Waals surface area contributed by atoms with Crippen LogP contribution in [0.4, 0.5) is 0 Å². The third-order valence-electron chi connectivity index (χ3n) is 2.14. The zero-order valence-electron chi connectivity index (χ0n) is 9.74. The molecule has 96 valence electrons. The molecule has 1 aromatic rings. The summed E-state index contributed by atoms with van der Waals surface area (Å²) < 4.78 is 25.3. The first-order valence-electron chi connectivity index (χ1n) is 5.37. The van der Waals surface area contributed by atoms with Crippen molar-refractivity contribution in [3.05, 3.63) is 33.4 Å². The van der Waals surface area contributed by atoms with Crippen molar-refractivity contribution in [2.24, 2.45) is 0 Å². The highest BCUT2D eigenvalue weighted by Crippen LogP contribution is 2.06. The Morgan fingerprint density at radius 1 is 1.18 bits per heavy atom. The number of hydrogen-bond acceptors (Lipinski definition) is 3. The summed E-state index contributed by atoms with van der Waals surface area (Å²) >= 11 is 2.27. The first-order chi connectivity index (χ1) is 7.97. The van der Waals surface area contributed by atoms with E-state index in [1.807, 2.05) is 0 Å². The van der Waals surface area contributed by atoms with Crippen molar-refractivity contribution in [3.8, 4) is 0 Å². The van der Waals surface area contributed by atoms with Gasteiger partial charge in [-0.25, -0.2) is 13.1 Å². The highest BCUT2D eigenvalue weighted by atomic mass is 127. The Bertz CT molecular complexity index is 431. The molecule has 0 aliphatic heterocycles. The lowest BCUT2D eigenvalue weighted by atomic mass is 10.2. The third kappa shape index (κ3) is 7.69. The van der Waals surface area contributed by atoms with Crippen LogP contribution >= 0.6 is 22.6 Å². The van der Waals surface area contributed by atoms with E-state index in [1.54, 1.807) is 0 Å². The number of nitrogens with one attached hydrogen (secondary N) is 2. The molecule has 1 aromatic carbocycles. The maximum atomic E-state index is 10.8. The number of rotatable bonds is 7. The molecule has 0 spiro atoms. The van der Waals surface area contributed by atoms with E-state index in [0.717, 1.165) is 19.5 Å². The van der Waals surface area contributed by atoms with Crippen molar-refractivity contribution in [3.63, 3.8) is 0 Å². The lowest BCUT2D eigenvalue weighted by molar-refractivity contribution is 0.579. The second-order valence-corrected chi connectivity index (χ2v) is 6.90. The predicted octanol–water partition coefficient (Wildman–Crippen LogP) is 1.32. The summed E-state index contributed by atoms with van der Waals surface area (Å²) in [7, 11) is -3.05. The fraction of sp³-hybridized carbons (Fsp3) is 0.455. The minimum absolute atomic E-state index is 0.485. The normalized spacial score (nSPS) is 11.6. The van der Waals surface area contributed by atoms with Crippen LogP contribution in [0.15, 0.2) is 24.3 Å². The molecule has 0 radical (unpaired) electrons. The van der Waals surface area contributed by atoms with Crippen LogP contribution in [0.1, 0.15) is 12.0 Å². The molecule has 6 heteroatoms. The maximum Gasteiger partial charge on any atom is 0.208 e. The van der Waals surface area contributed by atoms with Gasteiger partial charge in [0.25, 0.3) is 0 Å². The van der Waals surface area contributed by atoms with Gasteiger partial charge in [-0.15, -0.1) is 0 Å². The average Bonchev–Trinajstić information content (AvgIpc) is 2.24. The molecule has 0 atom stereocenters. The summed E-state index contributed by atoms with van der Waals surface area (Å²) in [5.74, 6) is 0. The third-order valence-corrected chi connectivity index (χ3v) is 3.58. The predicted molar refractivity (Wildman–Crippen MR) is 78.3 cm³/mol. The monoisotopic (exact) mass is 368 g/mol. The Labute approximate surface area is 116 Å². The van der Waals surface area contributed by atoms with E-state index in [4.69, 9.17) is 0 Å². The lowest BCUT2D eigenvalue weighted by Gasteiger charge is -2.05. The van der Waals surface area contributed by atoms with E-state index in [1.165, 1.54) is 15.4 Å². The molecule has 0 fully saturated rings. The summed E-state index contributed by atoms with van der Waals surface area (Å²) in [4.78, 5) is 0. The van der Waals surface area contributed by atoms with E-state index in [0.29, 0.717) is 6.54 Å². The fourth-order valence-electron chi connectivity index (χ4n) is 1.31. The topological polar surface area (TPSA) is 58.2 Å². The van der Waals surface area contributed by atoms with Crippen LogP contribution in [0.5, 0.6) is 0 Å². The van der Waals surface area contributed by atoms with Crippen LogP contribution in [0, 0.1) is 3.57 Å². The van der Waals surface area contributed by atoms with E-state index in [9.17, 15) is 8.42 Å². The molecule has 17 heavy (non-hydrogen) atoms. The minimum Gasteiger partial charge on any atom is -0.313 e. The Balaban J connectivity index is 2.10. The summed E-state index contributed by atoms with van der Waals surface area (Å²) in [6, 6.07) is 8.32. The molecule has 1 rings (SSSR count). The van der Waals surface area contributed by atoms with Gasteiger partial charge in [0.2, 0.25) is 10.0 Å². The van der Waals surface area contributed by atoms with Crippen LogP contribution in [-0.2, 0) is 16.6 Å². The van der Waals surface area contributed by atoms with Crippen molar-refractivity contribution in [1.29, 1.82) is 0 Å². The van der Waals surface area contributed by atoms with Crippen molar-refractivity contribution >= 4 is 32.6 Å². The second-order valence-electron chi connectivity index (χ2n) is 3.82. The van der Waals surface area contributed by atoms with Crippen LogP contribution in [0.3, 0.4) is 0 Å². The Hall–Kier alpha value is -0.180.